The lowest BCUT2D eigenvalue weighted by molar-refractivity contribution is -0.145. The van der Waals surface area contributed by atoms with E-state index in [2.05, 4.69) is 0 Å². The molecule has 5 nitrogen and oxygen atoms in total. The number of imide groups is 1. The predicted molar refractivity (Wildman–Crippen MR) is 98.5 cm³/mol. The highest BCUT2D eigenvalue weighted by atomic mass is 35.5. The SMILES string of the molecule is CC(C)N1C(=O)C2ON(c3ccc(Cl)cc3)C(c3ccccc3)C2C1=O. The number of carbonyl (C=O) groups is 2. The molecule has 0 bridgehead atoms. The summed E-state index contributed by atoms with van der Waals surface area (Å²) in [6.07, 6.45) is -0.800. The largest absolute Gasteiger partial charge is 0.277 e. The maximum Gasteiger partial charge on any atom is 0.262 e. The summed E-state index contributed by atoms with van der Waals surface area (Å²) in [7, 11) is 0. The van der Waals surface area contributed by atoms with Gasteiger partial charge in [-0.3, -0.25) is 19.3 Å². The number of hydroxylamine groups is 1. The fourth-order valence-corrected chi connectivity index (χ4v) is 3.87. The van der Waals surface area contributed by atoms with Crippen molar-refractivity contribution in [1.82, 2.24) is 4.90 Å². The standard InChI is InChI=1S/C20H19ClN2O3/c1-12(2)22-19(24)16-17(13-6-4-3-5-7-13)23(26-18(16)20(22)25)15-10-8-14(21)9-11-15/h3-12,16-18H,1-2H3. The molecule has 2 saturated heterocycles. The summed E-state index contributed by atoms with van der Waals surface area (Å²) in [6.45, 7) is 3.68. The van der Waals surface area contributed by atoms with Gasteiger partial charge in [0.2, 0.25) is 5.91 Å². The lowest BCUT2D eigenvalue weighted by Crippen LogP contribution is -2.41. The fourth-order valence-electron chi connectivity index (χ4n) is 3.75. The third-order valence-electron chi connectivity index (χ3n) is 4.89. The minimum Gasteiger partial charge on any atom is -0.277 e. The van der Waals surface area contributed by atoms with Crippen LogP contribution >= 0.6 is 11.6 Å². The Hall–Kier alpha value is -2.37. The maximum atomic E-state index is 13.0. The number of rotatable bonds is 3. The summed E-state index contributed by atoms with van der Waals surface area (Å²) >= 11 is 5.99. The van der Waals surface area contributed by atoms with Crippen molar-refractivity contribution in [2.24, 2.45) is 5.92 Å². The molecule has 6 heteroatoms. The molecule has 134 valence electrons. The Bertz CT molecular complexity index is 838. The van der Waals surface area contributed by atoms with E-state index in [0.717, 1.165) is 11.3 Å². The van der Waals surface area contributed by atoms with Gasteiger partial charge in [0.25, 0.3) is 5.91 Å². The van der Waals surface area contributed by atoms with Gasteiger partial charge in [0, 0.05) is 11.1 Å². The Balaban J connectivity index is 1.79. The van der Waals surface area contributed by atoms with Crippen LogP contribution in [0.5, 0.6) is 0 Å². The van der Waals surface area contributed by atoms with Gasteiger partial charge < -0.3 is 0 Å². The number of amides is 2. The number of hydrogen-bond donors (Lipinski definition) is 0. The third kappa shape index (κ3) is 2.59. The first-order valence-electron chi connectivity index (χ1n) is 8.62. The number of carbonyl (C=O) groups excluding carboxylic acids is 2. The van der Waals surface area contributed by atoms with Crippen LogP contribution in [0.15, 0.2) is 54.6 Å². The van der Waals surface area contributed by atoms with E-state index in [9.17, 15) is 9.59 Å². The first-order valence-corrected chi connectivity index (χ1v) is 9.00. The summed E-state index contributed by atoms with van der Waals surface area (Å²) < 4.78 is 0. The molecule has 0 radical (unpaired) electrons. The summed E-state index contributed by atoms with van der Waals surface area (Å²) in [5.41, 5.74) is 1.69. The Labute approximate surface area is 157 Å². The van der Waals surface area contributed by atoms with E-state index in [-0.39, 0.29) is 23.9 Å². The monoisotopic (exact) mass is 370 g/mol. The van der Waals surface area contributed by atoms with E-state index < -0.39 is 12.0 Å². The van der Waals surface area contributed by atoms with Crippen molar-refractivity contribution in [2.75, 3.05) is 5.06 Å². The fraction of sp³-hybridized carbons (Fsp3) is 0.300. The van der Waals surface area contributed by atoms with Crippen LogP contribution < -0.4 is 5.06 Å². The van der Waals surface area contributed by atoms with Gasteiger partial charge in [-0.15, -0.1) is 0 Å². The zero-order chi connectivity index (χ0) is 18.4. The highest BCUT2D eigenvalue weighted by Gasteiger charge is 2.60. The average molecular weight is 371 g/mol. The maximum absolute atomic E-state index is 13.0. The van der Waals surface area contributed by atoms with Gasteiger partial charge in [-0.05, 0) is 43.7 Å². The summed E-state index contributed by atoms with van der Waals surface area (Å²) in [5, 5.41) is 2.29. The molecule has 0 N–H and O–H groups in total. The van der Waals surface area contributed by atoms with Crippen molar-refractivity contribution in [3.05, 3.63) is 65.2 Å². The molecular formula is C20H19ClN2O3. The number of halogens is 1. The predicted octanol–water partition coefficient (Wildman–Crippen LogP) is 3.59. The zero-order valence-electron chi connectivity index (χ0n) is 14.5. The van der Waals surface area contributed by atoms with Gasteiger partial charge in [0.05, 0.1) is 11.7 Å². The Morgan fingerprint density at radius 3 is 2.23 bits per heavy atom. The van der Waals surface area contributed by atoms with Crippen molar-refractivity contribution in [3.63, 3.8) is 0 Å². The number of fused-ring (bicyclic) bond motifs is 1. The summed E-state index contributed by atoms with van der Waals surface area (Å²) in [5.74, 6) is -1.02. The van der Waals surface area contributed by atoms with Gasteiger partial charge in [-0.1, -0.05) is 41.9 Å². The first kappa shape index (κ1) is 17.1. The molecule has 2 heterocycles. The number of benzene rings is 2. The van der Waals surface area contributed by atoms with Crippen LogP contribution in [0.2, 0.25) is 5.02 Å². The van der Waals surface area contributed by atoms with Gasteiger partial charge in [-0.25, -0.2) is 5.06 Å². The molecule has 2 aromatic rings. The molecule has 2 aliphatic heterocycles. The summed E-state index contributed by atoms with van der Waals surface area (Å²) in [4.78, 5) is 33.2. The van der Waals surface area contributed by atoms with Gasteiger partial charge in [0.1, 0.15) is 5.92 Å². The molecule has 26 heavy (non-hydrogen) atoms. The normalized spacial score (nSPS) is 25.3. The van der Waals surface area contributed by atoms with E-state index in [1.165, 1.54) is 4.90 Å². The molecule has 0 aliphatic carbocycles. The Morgan fingerprint density at radius 1 is 0.962 bits per heavy atom. The molecule has 3 unspecified atom stereocenters. The number of hydrogen-bond acceptors (Lipinski definition) is 4. The first-order chi connectivity index (χ1) is 12.5. The third-order valence-corrected chi connectivity index (χ3v) is 5.14. The van der Waals surface area contributed by atoms with Crippen molar-refractivity contribution >= 4 is 29.1 Å². The molecule has 3 atom stereocenters. The lowest BCUT2D eigenvalue weighted by Gasteiger charge is -2.29. The van der Waals surface area contributed by atoms with E-state index in [1.807, 2.05) is 56.3 Å². The van der Waals surface area contributed by atoms with E-state index >= 15 is 0 Å². The molecule has 2 aliphatic rings. The molecule has 4 rings (SSSR count). The molecule has 2 fully saturated rings. The van der Waals surface area contributed by atoms with Crippen molar-refractivity contribution in [2.45, 2.75) is 32.0 Å². The van der Waals surface area contributed by atoms with E-state index in [0.29, 0.717) is 5.02 Å². The highest BCUT2D eigenvalue weighted by molar-refractivity contribution is 6.30. The van der Waals surface area contributed by atoms with Gasteiger partial charge >= 0.3 is 0 Å². The second kappa shape index (κ2) is 6.41. The average Bonchev–Trinajstić information content (AvgIpc) is 3.13. The Kier molecular flexibility index (Phi) is 4.21. The lowest BCUT2D eigenvalue weighted by atomic mass is 9.90. The van der Waals surface area contributed by atoms with Crippen LogP contribution in [0.25, 0.3) is 0 Å². The van der Waals surface area contributed by atoms with Crippen LogP contribution in [-0.2, 0) is 14.4 Å². The molecule has 0 spiro atoms. The van der Waals surface area contributed by atoms with Gasteiger partial charge in [-0.2, -0.15) is 0 Å². The highest BCUT2D eigenvalue weighted by Crippen LogP contribution is 2.47. The summed E-state index contributed by atoms with van der Waals surface area (Å²) in [6, 6.07) is 16.3. The number of likely N-dealkylation sites (tertiary alicyclic amines) is 1. The minimum atomic E-state index is -0.800. The van der Waals surface area contributed by atoms with Crippen LogP contribution in [0.1, 0.15) is 25.5 Å². The zero-order valence-corrected chi connectivity index (χ0v) is 15.3. The smallest absolute Gasteiger partial charge is 0.262 e. The number of anilines is 1. The molecule has 2 amide bonds. The van der Waals surface area contributed by atoms with E-state index in [4.69, 9.17) is 16.4 Å². The van der Waals surface area contributed by atoms with Crippen LogP contribution in [-0.4, -0.2) is 28.9 Å². The van der Waals surface area contributed by atoms with Crippen molar-refractivity contribution in [3.8, 4) is 0 Å². The molecular weight excluding hydrogens is 352 g/mol. The van der Waals surface area contributed by atoms with Crippen LogP contribution in [0, 0.1) is 5.92 Å². The molecule has 2 aromatic carbocycles. The quantitative estimate of drug-likeness (QED) is 0.775. The van der Waals surface area contributed by atoms with Crippen molar-refractivity contribution in [1.29, 1.82) is 0 Å². The second-order valence-corrected chi connectivity index (χ2v) is 7.29. The minimum absolute atomic E-state index is 0.180. The molecule has 0 aromatic heterocycles. The topological polar surface area (TPSA) is 49.9 Å². The second-order valence-electron chi connectivity index (χ2n) is 6.85. The van der Waals surface area contributed by atoms with Crippen molar-refractivity contribution < 1.29 is 14.4 Å². The number of nitrogens with zero attached hydrogens (tertiary/aromatic N) is 2. The van der Waals surface area contributed by atoms with Crippen LogP contribution in [0.3, 0.4) is 0 Å². The van der Waals surface area contributed by atoms with E-state index in [1.54, 1.807) is 17.2 Å². The van der Waals surface area contributed by atoms with Crippen LogP contribution in [0.4, 0.5) is 5.69 Å². The van der Waals surface area contributed by atoms with Gasteiger partial charge in [0.15, 0.2) is 6.10 Å². The Morgan fingerprint density at radius 2 is 1.62 bits per heavy atom. The molecule has 0 saturated carbocycles.